The van der Waals surface area contributed by atoms with Crippen molar-refractivity contribution in [2.75, 3.05) is 0 Å². The van der Waals surface area contributed by atoms with Crippen LogP contribution in [0.2, 0.25) is 5.22 Å². The fraction of sp³-hybridized carbons (Fsp3) is 0.333. The Bertz CT molecular complexity index is 171. The third-order valence-electron chi connectivity index (χ3n) is 1.14. The smallest absolute Gasteiger partial charge is 0.193 e. The van der Waals surface area contributed by atoms with E-state index in [-0.39, 0.29) is 0 Å². The highest BCUT2D eigenvalue weighted by molar-refractivity contribution is 6.28. The van der Waals surface area contributed by atoms with Crippen LogP contribution in [0.5, 0.6) is 0 Å². The van der Waals surface area contributed by atoms with E-state index in [1.807, 2.05) is 13.8 Å². The van der Waals surface area contributed by atoms with Gasteiger partial charge in [-0.2, -0.15) is 0 Å². The molecule has 0 spiro atoms. The lowest BCUT2D eigenvalue weighted by Gasteiger charge is -1.79. The van der Waals surface area contributed by atoms with Crippen molar-refractivity contribution >= 4 is 11.6 Å². The van der Waals surface area contributed by atoms with E-state index in [9.17, 15) is 0 Å². The van der Waals surface area contributed by atoms with E-state index in [1.54, 1.807) is 6.07 Å². The number of hydrogen-bond donors (Lipinski definition) is 0. The molecule has 0 aliphatic rings. The molecule has 2 heteroatoms. The second-order valence-corrected chi connectivity index (χ2v) is 2.16. The summed E-state index contributed by atoms with van der Waals surface area (Å²) < 4.78 is 4.98. The maximum absolute atomic E-state index is 5.50. The molecule has 8 heavy (non-hydrogen) atoms. The fourth-order valence-corrected chi connectivity index (χ4v) is 0.807. The Kier molecular flexibility index (Phi) is 1.30. The van der Waals surface area contributed by atoms with Crippen LogP contribution in [0.25, 0.3) is 0 Å². The first-order valence-corrected chi connectivity index (χ1v) is 2.80. The molecular weight excluding hydrogens is 124 g/mol. The van der Waals surface area contributed by atoms with Gasteiger partial charge in [0.15, 0.2) is 5.22 Å². The van der Waals surface area contributed by atoms with Crippen LogP contribution in [0.1, 0.15) is 11.3 Å². The Labute approximate surface area is 53.3 Å². The normalized spacial score (nSPS) is 9.88. The second-order valence-electron chi connectivity index (χ2n) is 1.79. The SMILES string of the molecule is Cc1cc(Cl)oc1C. The molecule has 0 amide bonds. The molecule has 0 aromatic carbocycles. The molecule has 1 nitrogen and oxygen atoms in total. The van der Waals surface area contributed by atoms with Crippen LogP contribution in [-0.2, 0) is 0 Å². The minimum absolute atomic E-state index is 0.472. The van der Waals surface area contributed by atoms with Gasteiger partial charge in [-0.05, 0) is 37.1 Å². The van der Waals surface area contributed by atoms with Crippen molar-refractivity contribution in [2.24, 2.45) is 0 Å². The third kappa shape index (κ3) is 0.869. The molecule has 0 saturated heterocycles. The van der Waals surface area contributed by atoms with Crippen molar-refractivity contribution in [3.63, 3.8) is 0 Å². The van der Waals surface area contributed by atoms with Crippen molar-refractivity contribution in [1.29, 1.82) is 0 Å². The molecule has 1 aromatic rings. The molecule has 1 heterocycles. The van der Waals surface area contributed by atoms with E-state index in [1.165, 1.54) is 0 Å². The van der Waals surface area contributed by atoms with Gasteiger partial charge in [0.1, 0.15) is 5.76 Å². The number of aryl methyl sites for hydroxylation is 2. The highest BCUT2D eigenvalue weighted by Crippen LogP contribution is 2.16. The molecule has 0 bridgehead atoms. The van der Waals surface area contributed by atoms with Gasteiger partial charge in [-0.25, -0.2) is 0 Å². The van der Waals surface area contributed by atoms with Crippen LogP contribution < -0.4 is 0 Å². The molecule has 1 aromatic heterocycles. The molecule has 0 N–H and O–H groups in total. The van der Waals surface area contributed by atoms with Crippen LogP contribution in [-0.4, -0.2) is 0 Å². The van der Waals surface area contributed by atoms with E-state index >= 15 is 0 Å². The highest BCUT2D eigenvalue weighted by atomic mass is 35.5. The van der Waals surface area contributed by atoms with E-state index in [2.05, 4.69) is 0 Å². The zero-order valence-corrected chi connectivity index (χ0v) is 5.62. The number of halogens is 1. The van der Waals surface area contributed by atoms with Gasteiger partial charge in [0.2, 0.25) is 0 Å². The predicted molar refractivity (Wildman–Crippen MR) is 33.2 cm³/mol. The quantitative estimate of drug-likeness (QED) is 0.526. The highest BCUT2D eigenvalue weighted by Gasteiger charge is 1.97. The Morgan fingerprint density at radius 3 is 2.25 bits per heavy atom. The van der Waals surface area contributed by atoms with Gasteiger partial charge in [-0.1, -0.05) is 0 Å². The van der Waals surface area contributed by atoms with E-state index < -0.39 is 0 Å². The average molecular weight is 131 g/mol. The standard InChI is InChI=1S/C6H7ClO/c1-4-3-6(7)8-5(4)2/h3H,1-2H3. The van der Waals surface area contributed by atoms with Gasteiger partial charge in [-0.3, -0.25) is 0 Å². The fourth-order valence-electron chi connectivity index (χ4n) is 0.528. The summed E-state index contributed by atoms with van der Waals surface area (Å²) in [5.41, 5.74) is 1.11. The van der Waals surface area contributed by atoms with E-state index in [4.69, 9.17) is 16.0 Å². The summed E-state index contributed by atoms with van der Waals surface area (Å²) >= 11 is 5.50. The lowest BCUT2D eigenvalue weighted by atomic mass is 10.3. The van der Waals surface area contributed by atoms with Crippen molar-refractivity contribution in [3.8, 4) is 0 Å². The largest absolute Gasteiger partial charge is 0.450 e. The second kappa shape index (κ2) is 1.82. The molecule has 0 unspecified atom stereocenters. The predicted octanol–water partition coefficient (Wildman–Crippen LogP) is 2.55. The van der Waals surface area contributed by atoms with E-state index in [0.717, 1.165) is 11.3 Å². The molecule has 44 valence electrons. The van der Waals surface area contributed by atoms with E-state index in [0.29, 0.717) is 5.22 Å². The summed E-state index contributed by atoms with van der Waals surface area (Å²) in [4.78, 5) is 0. The lowest BCUT2D eigenvalue weighted by molar-refractivity contribution is 0.534. The average Bonchev–Trinajstić information content (AvgIpc) is 1.85. The van der Waals surface area contributed by atoms with Crippen molar-refractivity contribution in [3.05, 3.63) is 22.6 Å². The van der Waals surface area contributed by atoms with Crippen LogP contribution in [0.4, 0.5) is 0 Å². The third-order valence-corrected chi connectivity index (χ3v) is 1.32. The Morgan fingerprint density at radius 2 is 2.12 bits per heavy atom. The van der Waals surface area contributed by atoms with Crippen molar-refractivity contribution in [1.82, 2.24) is 0 Å². The molecule has 0 atom stereocenters. The summed E-state index contributed by atoms with van der Waals surface area (Å²) in [6, 6.07) is 1.80. The molecule has 1 rings (SSSR count). The number of furan rings is 1. The van der Waals surface area contributed by atoms with Crippen LogP contribution in [0.3, 0.4) is 0 Å². The van der Waals surface area contributed by atoms with Crippen molar-refractivity contribution < 1.29 is 4.42 Å². The summed E-state index contributed by atoms with van der Waals surface area (Å²) in [7, 11) is 0. The van der Waals surface area contributed by atoms with Gasteiger partial charge in [0, 0.05) is 0 Å². The van der Waals surface area contributed by atoms with Gasteiger partial charge in [-0.15, -0.1) is 0 Å². The molecule has 0 fully saturated rings. The summed E-state index contributed by atoms with van der Waals surface area (Å²) in [6.45, 7) is 3.85. The Hall–Kier alpha value is -0.430. The van der Waals surface area contributed by atoms with Crippen molar-refractivity contribution in [2.45, 2.75) is 13.8 Å². The Morgan fingerprint density at radius 1 is 1.50 bits per heavy atom. The lowest BCUT2D eigenvalue weighted by Crippen LogP contribution is -1.63. The maximum atomic E-state index is 5.50. The first-order chi connectivity index (χ1) is 3.70. The first-order valence-electron chi connectivity index (χ1n) is 2.42. The minimum atomic E-state index is 0.472. The summed E-state index contributed by atoms with van der Waals surface area (Å²) in [5, 5.41) is 0.472. The maximum Gasteiger partial charge on any atom is 0.193 e. The first kappa shape index (κ1) is 5.70. The number of rotatable bonds is 0. The molecule has 0 aliphatic heterocycles. The van der Waals surface area contributed by atoms with Gasteiger partial charge in [0.05, 0.1) is 0 Å². The minimum Gasteiger partial charge on any atom is -0.450 e. The zero-order chi connectivity index (χ0) is 6.15. The van der Waals surface area contributed by atoms with Crippen LogP contribution >= 0.6 is 11.6 Å². The molecule has 0 radical (unpaired) electrons. The topological polar surface area (TPSA) is 13.1 Å². The van der Waals surface area contributed by atoms with Crippen LogP contribution in [0.15, 0.2) is 10.5 Å². The molecule has 0 aliphatic carbocycles. The monoisotopic (exact) mass is 130 g/mol. The molecule has 0 saturated carbocycles. The summed E-state index contributed by atoms with van der Waals surface area (Å²) in [5.74, 6) is 0.898. The van der Waals surface area contributed by atoms with Crippen LogP contribution in [0, 0.1) is 13.8 Å². The molecular formula is C6H7ClO. The Balaban J connectivity index is 3.14. The van der Waals surface area contributed by atoms with Gasteiger partial charge < -0.3 is 4.42 Å². The number of hydrogen-bond acceptors (Lipinski definition) is 1. The van der Waals surface area contributed by atoms with Gasteiger partial charge >= 0.3 is 0 Å². The van der Waals surface area contributed by atoms with Gasteiger partial charge in [0.25, 0.3) is 0 Å². The zero-order valence-electron chi connectivity index (χ0n) is 4.86. The summed E-state index contributed by atoms with van der Waals surface area (Å²) in [6.07, 6.45) is 0.